The van der Waals surface area contributed by atoms with E-state index < -0.39 is 52.8 Å². The van der Waals surface area contributed by atoms with Gasteiger partial charge in [0, 0.05) is 6.42 Å². The minimum Gasteiger partial charge on any atom is -0.497 e. The predicted octanol–water partition coefficient (Wildman–Crippen LogP) is 3.92. The van der Waals surface area contributed by atoms with Crippen LogP contribution in [-0.2, 0) is 12.0 Å². The van der Waals surface area contributed by atoms with Crippen molar-refractivity contribution in [1.29, 1.82) is 0 Å². The molecule has 0 atom stereocenters. The van der Waals surface area contributed by atoms with Gasteiger partial charge in [0.15, 0.2) is 0 Å². The summed E-state index contributed by atoms with van der Waals surface area (Å²) in [6.07, 6.45) is -12.6. The highest BCUT2D eigenvalue weighted by molar-refractivity contribution is 5.99. The molecule has 1 aliphatic rings. The van der Waals surface area contributed by atoms with Gasteiger partial charge in [0.05, 0.1) is 12.8 Å². The second kappa shape index (κ2) is 8.32. The largest absolute Gasteiger partial charge is 0.497 e. The standard InChI is InChI=1S/C22H16F6N4O3/c1-35-14-9-7-13(8-10-14)32-17-16(18(33)30-19(32)34)20(21(23,24)25,22(26,27)28)31-15(29-17)11-12-5-3-2-4-6-12/h2-10H,11H2,1H3,(H,29,31)(H,30,33,34). The molecular formula is C22H16F6N4O3. The maximum absolute atomic E-state index is 14.3. The zero-order valence-electron chi connectivity index (χ0n) is 17.8. The molecule has 4 rings (SSSR count). The molecule has 184 valence electrons. The smallest absolute Gasteiger partial charge is 0.427 e. The number of aromatic nitrogens is 2. The number of anilines is 1. The van der Waals surface area contributed by atoms with Crippen LogP contribution in [-0.4, -0.2) is 34.8 Å². The number of aromatic amines is 1. The van der Waals surface area contributed by atoms with Crippen LogP contribution >= 0.6 is 0 Å². The van der Waals surface area contributed by atoms with Crippen molar-refractivity contribution in [3.8, 4) is 11.4 Å². The van der Waals surface area contributed by atoms with Gasteiger partial charge >= 0.3 is 18.0 Å². The lowest BCUT2D eigenvalue weighted by molar-refractivity contribution is -0.301. The van der Waals surface area contributed by atoms with Crippen molar-refractivity contribution in [2.75, 3.05) is 12.4 Å². The Morgan fingerprint density at radius 2 is 1.54 bits per heavy atom. The molecule has 0 spiro atoms. The third-order valence-corrected chi connectivity index (χ3v) is 5.40. The summed E-state index contributed by atoms with van der Waals surface area (Å²) < 4.78 is 91.2. The fraction of sp³-hybridized carbons (Fsp3) is 0.227. The van der Waals surface area contributed by atoms with Crippen LogP contribution in [0, 0.1) is 0 Å². The molecule has 0 fully saturated rings. The number of aliphatic imine (C=N–C) groups is 1. The lowest BCUT2D eigenvalue weighted by Crippen LogP contribution is -2.59. The number of rotatable bonds is 4. The van der Waals surface area contributed by atoms with Gasteiger partial charge in [-0.25, -0.2) is 14.4 Å². The number of nitrogens with zero attached hydrogens (tertiary/aromatic N) is 2. The van der Waals surface area contributed by atoms with Crippen LogP contribution < -0.4 is 21.3 Å². The van der Waals surface area contributed by atoms with Crippen molar-refractivity contribution in [2.24, 2.45) is 4.99 Å². The van der Waals surface area contributed by atoms with Gasteiger partial charge in [0.2, 0.25) is 0 Å². The van der Waals surface area contributed by atoms with Gasteiger partial charge in [-0.15, -0.1) is 0 Å². The highest BCUT2D eigenvalue weighted by Crippen LogP contribution is 2.55. The lowest BCUT2D eigenvalue weighted by Gasteiger charge is -2.38. The van der Waals surface area contributed by atoms with Crippen LogP contribution in [0.3, 0.4) is 0 Å². The van der Waals surface area contributed by atoms with Gasteiger partial charge in [-0.1, -0.05) is 30.3 Å². The second-order valence-electron chi connectivity index (χ2n) is 7.57. The van der Waals surface area contributed by atoms with Crippen LogP contribution in [0.4, 0.5) is 32.2 Å². The van der Waals surface area contributed by atoms with E-state index >= 15 is 0 Å². The Kier molecular flexibility index (Phi) is 5.73. The molecule has 2 aromatic carbocycles. The van der Waals surface area contributed by atoms with Crippen molar-refractivity contribution >= 4 is 11.7 Å². The zero-order valence-corrected chi connectivity index (χ0v) is 17.8. The van der Waals surface area contributed by atoms with Gasteiger partial charge in [-0.2, -0.15) is 26.3 Å². The first-order valence-electron chi connectivity index (χ1n) is 9.96. The molecule has 0 radical (unpaired) electrons. The van der Waals surface area contributed by atoms with E-state index in [1.54, 1.807) is 23.2 Å². The number of hydrogen-bond acceptors (Lipinski definition) is 5. The molecule has 1 aromatic heterocycles. The first-order valence-corrected chi connectivity index (χ1v) is 9.96. The molecular weight excluding hydrogens is 482 g/mol. The number of halogens is 6. The van der Waals surface area contributed by atoms with E-state index in [1.807, 2.05) is 0 Å². The Balaban J connectivity index is 2.07. The molecule has 3 aromatic rings. The van der Waals surface area contributed by atoms with E-state index in [4.69, 9.17) is 4.74 Å². The molecule has 0 bridgehead atoms. The number of nitrogens with one attached hydrogen (secondary N) is 2. The molecule has 35 heavy (non-hydrogen) atoms. The van der Waals surface area contributed by atoms with Crippen molar-refractivity contribution in [3.63, 3.8) is 0 Å². The van der Waals surface area contributed by atoms with E-state index in [0.717, 1.165) is 0 Å². The predicted molar refractivity (Wildman–Crippen MR) is 114 cm³/mol. The first-order chi connectivity index (χ1) is 16.4. The van der Waals surface area contributed by atoms with Crippen molar-refractivity contribution < 1.29 is 31.1 Å². The van der Waals surface area contributed by atoms with Gasteiger partial charge in [0.1, 0.15) is 23.0 Å². The first kappa shape index (κ1) is 24.1. The summed E-state index contributed by atoms with van der Waals surface area (Å²) in [5.41, 5.74) is -9.58. The maximum atomic E-state index is 14.3. The topological polar surface area (TPSA) is 88.5 Å². The summed E-state index contributed by atoms with van der Waals surface area (Å²) in [5.74, 6) is -1.40. The molecule has 7 nitrogen and oxygen atoms in total. The van der Waals surface area contributed by atoms with Crippen LogP contribution in [0.1, 0.15) is 11.1 Å². The van der Waals surface area contributed by atoms with Crippen LogP contribution in [0.2, 0.25) is 0 Å². The number of fused-ring (bicyclic) bond motifs is 1. The monoisotopic (exact) mass is 498 g/mol. The molecule has 0 saturated carbocycles. The normalized spacial score (nSPS) is 15.1. The molecule has 0 aliphatic carbocycles. The number of H-pyrrole nitrogens is 1. The van der Waals surface area contributed by atoms with Gasteiger partial charge in [-0.3, -0.25) is 9.78 Å². The molecule has 0 saturated heterocycles. The summed E-state index contributed by atoms with van der Waals surface area (Å²) >= 11 is 0. The molecule has 1 aliphatic heterocycles. The Morgan fingerprint density at radius 1 is 0.943 bits per heavy atom. The second-order valence-corrected chi connectivity index (χ2v) is 7.57. The van der Waals surface area contributed by atoms with Crippen LogP contribution in [0.15, 0.2) is 69.2 Å². The van der Waals surface area contributed by atoms with E-state index in [1.165, 1.54) is 43.5 Å². The fourth-order valence-electron chi connectivity index (χ4n) is 3.83. The molecule has 0 amide bonds. The van der Waals surface area contributed by atoms with E-state index in [-0.39, 0.29) is 5.69 Å². The third kappa shape index (κ3) is 3.96. The highest BCUT2D eigenvalue weighted by Gasteiger charge is 2.75. The summed E-state index contributed by atoms with van der Waals surface area (Å²) in [6, 6.07) is 12.9. The number of methoxy groups -OCH3 is 1. The summed E-state index contributed by atoms with van der Waals surface area (Å²) in [4.78, 5) is 29.8. The van der Waals surface area contributed by atoms with Crippen LogP contribution in [0.25, 0.3) is 5.69 Å². The lowest BCUT2D eigenvalue weighted by atomic mass is 9.87. The molecule has 2 N–H and O–H groups in total. The molecule has 0 unspecified atom stereocenters. The van der Waals surface area contributed by atoms with E-state index in [9.17, 15) is 35.9 Å². The highest BCUT2D eigenvalue weighted by atomic mass is 19.4. The Hall–Kier alpha value is -4.03. The average Bonchev–Trinajstić information content (AvgIpc) is 2.78. The van der Waals surface area contributed by atoms with Crippen molar-refractivity contribution in [2.45, 2.75) is 24.3 Å². The zero-order chi connectivity index (χ0) is 25.6. The third-order valence-electron chi connectivity index (χ3n) is 5.40. The number of amidine groups is 1. The Bertz CT molecular complexity index is 1380. The SMILES string of the molecule is COc1ccc(-n2c3c(c(=O)[nH]c2=O)C(C(F)(F)F)(C(F)(F)F)N=C(Cc2ccccc2)N3)cc1. The maximum Gasteiger partial charge on any atom is 0.427 e. The summed E-state index contributed by atoms with van der Waals surface area (Å²) in [7, 11) is 1.35. The minimum absolute atomic E-state index is 0.116. The fourth-order valence-corrected chi connectivity index (χ4v) is 3.83. The van der Waals surface area contributed by atoms with Crippen molar-refractivity contribution in [1.82, 2.24) is 9.55 Å². The Morgan fingerprint density at radius 3 is 2.09 bits per heavy atom. The molecule has 13 heteroatoms. The summed E-state index contributed by atoms with van der Waals surface area (Å²) in [5, 5.41) is 2.38. The minimum atomic E-state index is -6.07. The number of benzene rings is 2. The Labute approximate surface area is 192 Å². The van der Waals surface area contributed by atoms with Crippen LogP contribution in [0.5, 0.6) is 5.75 Å². The molecule has 2 heterocycles. The number of ether oxygens (including phenoxy) is 1. The number of alkyl halides is 6. The summed E-state index contributed by atoms with van der Waals surface area (Å²) in [6.45, 7) is 0. The van der Waals surface area contributed by atoms with Crippen molar-refractivity contribution in [3.05, 3.63) is 86.6 Å². The van der Waals surface area contributed by atoms with Gasteiger partial charge in [0.25, 0.3) is 11.1 Å². The quantitative estimate of drug-likeness (QED) is 0.534. The average molecular weight is 498 g/mol. The van der Waals surface area contributed by atoms with E-state index in [2.05, 4.69) is 10.3 Å². The van der Waals surface area contributed by atoms with Gasteiger partial charge in [-0.05, 0) is 29.8 Å². The van der Waals surface area contributed by atoms with Gasteiger partial charge < -0.3 is 10.1 Å². The van der Waals surface area contributed by atoms with E-state index in [0.29, 0.717) is 15.9 Å². The number of hydrogen-bond donors (Lipinski definition) is 2.